The molecular formula is C26H35NO4S. The minimum absolute atomic E-state index is 0.0432. The Labute approximate surface area is 192 Å². The smallest absolute Gasteiger partial charge is 0.338 e. The number of fused-ring (bicyclic) bond motifs is 1. The van der Waals surface area contributed by atoms with Gasteiger partial charge in [-0.3, -0.25) is 4.72 Å². The topological polar surface area (TPSA) is 72.5 Å². The maximum Gasteiger partial charge on any atom is 0.338 e. The molecule has 0 amide bonds. The lowest BCUT2D eigenvalue weighted by molar-refractivity contribution is 0.0509. The molecule has 0 aromatic heterocycles. The van der Waals surface area contributed by atoms with Crippen molar-refractivity contribution < 1.29 is 17.9 Å². The van der Waals surface area contributed by atoms with Gasteiger partial charge >= 0.3 is 5.97 Å². The zero-order valence-corrected chi connectivity index (χ0v) is 20.6. The van der Waals surface area contributed by atoms with E-state index in [0.717, 1.165) is 18.4 Å². The van der Waals surface area contributed by atoms with E-state index in [-0.39, 0.29) is 29.2 Å². The number of anilines is 1. The van der Waals surface area contributed by atoms with Gasteiger partial charge in [-0.1, -0.05) is 52.8 Å². The maximum absolute atomic E-state index is 12.7. The minimum atomic E-state index is -3.30. The number of esters is 1. The van der Waals surface area contributed by atoms with Gasteiger partial charge in [-0.2, -0.15) is 0 Å². The Bertz CT molecular complexity index is 1070. The summed E-state index contributed by atoms with van der Waals surface area (Å²) in [5.41, 5.74) is 4.83. The van der Waals surface area contributed by atoms with Crippen LogP contribution in [-0.4, -0.2) is 26.7 Å². The molecule has 174 valence electrons. The number of ether oxygens (including phenoxy) is 1. The van der Waals surface area contributed by atoms with Crippen LogP contribution in [0, 0.1) is 0 Å². The number of benzene rings is 2. The van der Waals surface area contributed by atoms with E-state index in [1.165, 1.54) is 11.1 Å². The fraction of sp³-hybridized carbons (Fsp3) is 0.500. The molecule has 0 bridgehead atoms. The third kappa shape index (κ3) is 5.71. The van der Waals surface area contributed by atoms with Gasteiger partial charge in [0.1, 0.15) is 0 Å². The van der Waals surface area contributed by atoms with Crippen LogP contribution in [0.15, 0.2) is 42.5 Å². The van der Waals surface area contributed by atoms with Crippen LogP contribution in [0.25, 0.3) is 0 Å². The minimum Gasteiger partial charge on any atom is -0.462 e. The molecule has 1 N–H and O–H groups in total. The Morgan fingerprint density at radius 3 is 2.22 bits per heavy atom. The van der Waals surface area contributed by atoms with E-state index < -0.39 is 10.0 Å². The first-order chi connectivity index (χ1) is 14.9. The molecule has 0 atom stereocenters. The van der Waals surface area contributed by atoms with Crippen molar-refractivity contribution in [2.24, 2.45) is 0 Å². The molecule has 3 rings (SSSR count). The molecule has 0 aliphatic heterocycles. The van der Waals surface area contributed by atoms with Crippen molar-refractivity contribution in [1.29, 1.82) is 0 Å². The molecule has 0 heterocycles. The van der Waals surface area contributed by atoms with Crippen molar-refractivity contribution in [3.8, 4) is 0 Å². The first kappa shape index (κ1) is 24.3. The van der Waals surface area contributed by atoms with Crippen molar-refractivity contribution in [3.05, 3.63) is 64.7 Å². The van der Waals surface area contributed by atoms with Crippen molar-refractivity contribution >= 4 is 21.7 Å². The number of carbonyl (C=O) groups excluding carboxylic acids is 1. The van der Waals surface area contributed by atoms with E-state index >= 15 is 0 Å². The molecule has 1 aliphatic carbocycles. The summed E-state index contributed by atoms with van der Waals surface area (Å²) in [6.07, 6.45) is 3.36. The summed E-state index contributed by atoms with van der Waals surface area (Å²) < 4.78 is 31.8. The van der Waals surface area contributed by atoms with Crippen LogP contribution >= 0.6 is 0 Å². The number of nitrogens with one attached hydrogen (secondary N) is 1. The van der Waals surface area contributed by atoms with Gasteiger partial charge in [-0.05, 0) is 71.0 Å². The van der Waals surface area contributed by atoms with Crippen molar-refractivity contribution in [2.75, 3.05) is 17.1 Å². The molecule has 0 fully saturated rings. The van der Waals surface area contributed by atoms with Crippen molar-refractivity contribution in [1.82, 2.24) is 0 Å². The molecule has 5 nitrogen and oxygen atoms in total. The van der Waals surface area contributed by atoms with Crippen molar-refractivity contribution in [2.45, 2.75) is 71.1 Å². The fourth-order valence-electron chi connectivity index (χ4n) is 4.30. The number of hydrogen-bond donors (Lipinski definition) is 1. The number of carbonyl (C=O) groups is 1. The van der Waals surface area contributed by atoms with E-state index in [2.05, 4.69) is 38.5 Å². The zero-order chi connectivity index (χ0) is 23.6. The van der Waals surface area contributed by atoms with Gasteiger partial charge < -0.3 is 4.74 Å². The Kier molecular flexibility index (Phi) is 7.03. The van der Waals surface area contributed by atoms with Gasteiger partial charge in [0.25, 0.3) is 0 Å². The molecule has 0 saturated heterocycles. The number of sulfonamides is 1. The summed E-state index contributed by atoms with van der Waals surface area (Å²) in [5.74, 6) is -0.210. The van der Waals surface area contributed by atoms with Gasteiger partial charge in [-0.15, -0.1) is 0 Å². The standard InChI is InChI=1S/C26H35NO4S/c1-6-17-32(29,30)27-21-10-7-19(8-11-21)13-16-31-24(28)20-9-12-22-23(18-20)26(4,5)15-14-25(22,2)3/h7-12,18,27H,6,13-17H2,1-5H3. The molecule has 32 heavy (non-hydrogen) atoms. The predicted molar refractivity (Wildman–Crippen MR) is 130 cm³/mol. The summed E-state index contributed by atoms with van der Waals surface area (Å²) >= 11 is 0. The molecule has 6 heteroatoms. The second-order valence-corrected chi connectivity index (χ2v) is 11.9. The highest BCUT2D eigenvalue weighted by atomic mass is 32.2. The molecule has 2 aromatic carbocycles. The SMILES string of the molecule is CCCS(=O)(=O)Nc1ccc(CCOC(=O)c2ccc3c(c2)C(C)(C)CCC3(C)C)cc1. The van der Waals surface area contributed by atoms with Gasteiger partial charge in [0.05, 0.1) is 17.9 Å². The summed E-state index contributed by atoms with van der Waals surface area (Å²) in [6, 6.07) is 13.1. The average molecular weight is 458 g/mol. The monoisotopic (exact) mass is 457 g/mol. The molecular weight excluding hydrogens is 422 g/mol. The van der Waals surface area contributed by atoms with Crippen LogP contribution < -0.4 is 4.72 Å². The molecule has 1 aliphatic rings. The van der Waals surface area contributed by atoms with Gasteiger partial charge in [0.2, 0.25) is 10.0 Å². The van der Waals surface area contributed by atoms with Crippen LogP contribution in [0.3, 0.4) is 0 Å². The van der Waals surface area contributed by atoms with Crippen LogP contribution in [0.4, 0.5) is 5.69 Å². The number of rotatable bonds is 8. The van der Waals surface area contributed by atoms with Crippen LogP contribution in [0.1, 0.15) is 80.9 Å². The normalized spacial score (nSPS) is 16.8. The first-order valence-electron chi connectivity index (χ1n) is 11.4. The third-order valence-electron chi connectivity index (χ3n) is 6.41. The fourth-order valence-corrected chi connectivity index (χ4v) is 5.43. The predicted octanol–water partition coefficient (Wildman–Crippen LogP) is 5.59. The van der Waals surface area contributed by atoms with Crippen molar-refractivity contribution in [3.63, 3.8) is 0 Å². The highest BCUT2D eigenvalue weighted by Crippen LogP contribution is 2.45. The lowest BCUT2D eigenvalue weighted by Crippen LogP contribution is -2.34. The second kappa shape index (κ2) is 9.26. The lowest BCUT2D eigenvalue weighted by Gasteiger charge is -2.41. The van der Waals surface area contributed by atoms with E-state index in [9.17, 15) is 13.2 Å². The van der Waals surface area contributed by atoms with E-state index in [0.29, 0.717) is 24.1 Å². The van der Waals surface area contributed by atoms with E-state index in [4.69, 9.17) is 4.74 Å². The molecule has 0 unspecified atom stereocenters. The summed E-state index contributed by atoms with van der Waals surface area (Å²) in [7, 11) is -3.30. The molecule has 0 radical (unpaired) electrons. The van der Waals surface area contributed by atoms with E-state index in [1.54, 1.807) is 12.1 Å². The van der Waals surface area contributed by atoms with Gasteiger partial charge in [0, 0.05) is 12.1 Å². The quantitative estimate of drug-likeness (QED) is 0.525. The second-order valence-electron chi connectivity index (χ2n) is 10.0. The van der Waals surface area contributed by atoms with Gasteiger partial charge in [0.15, 0.2) is 0 Å². The van der Waals surface area contributed by atoms with E-state index in [1.807, 2.05) is 31.2 Å². The summed E-state index contributed by atoms with van der Waals surface area (Å²) in [4.78, 5) is 12.7. The Morgan fingerprint density at radius 2 is 1.59 bits per heavy atom. The Hall–Kier alpha value is -2.34. The molecule has 0 spiro atoms. The zero-order valence-electron chi connectivity index (χ0n) is 19.8. The highest BCUT2D eigenvalue weighted by Gasteiger charge is 2.37. The third-order valence-corrected chi connectivity index (χ3v) is 7.90. The summed E-state index contributed by atoms with van der Waals surface area (Å²) in [5, 5.41) is 0. The van der Waals surface area contributed by atoms with Crippen LogP contribution in [0.2, 0.25) is 0 Å². The first-order valence-corrected chi connectivity index (χ1v) is 13.0. The van der Waals surface area contributed by atoms with Crippen LogP contribution in [-0.2, 0) is 32.0 Å². The molecule has 2 aromatic rings. The molecule has 0 saturated carbocycles. The largest absolute Gasteiger partial charge is 0.462 e. The van der Waals surface area contributed by atoms with Crippen LogP contribution in [0.5, 0.6) is 0 Å². The maximum atomic E-state index is 12.7. The highest BCUT2D eigenvalue weighted by molar-refractivity contribution is 7.92. The average Bonchev–Trinajstić information content (AvgIpc) is 2.72. The van der Waals surface area contributed by atoms with Gasteiger partial charge in [-0.25, -0.2) is 13.2 Å². The Balaban J connectivity index is 1.60. The lowest BCUT2D eigenvalue weighted by atomic mass is 9.63. The summed E-state index contributed by atoms with van der Waals surface area (Å²) in [6.45, 7) is 11.1. The Morgan fingerprint density at radius 1 is 0.969 bits per heavy atom. The number of hydrogen-bond acceptors (Lipinski definition) is 4.